The third kappa shape index (κ3) is 2.65. The van der Waals surface area contributed by atoms with Gasteiger partial charge < -0.3 is 9.32 Å². The fraction of sp³-hybridized carbons (Fsp3) is 0.250. The molecule has 0 atom stereocenters. The zero-order chi connectivity index (χ0) is 13.0. The van der Waals surface area contributed by atoms with E-state index in [2.05, 4.69) is 10.2 Å². The van der Waals surface area contributed by atoms with Crippen LogP contribution in [0.25, 0.3) is 0 Å². The van der Waals surface area contributed by atoms with Crippen LogP contribution >= 0.6 is 0 Å². The van der Waals surface area contributed by atoms with Crippen molar-refractivity contribution in [2.45, 2.75) is 13.5 Å². The zero-order valence-corrected chi connectivity index (χ0v) is 9.92. The quantitative estimate of drug-likeness (QED) is 0.875. The van der Waals surface area contributed by atoms with E-state index in [0.29, 0.717) is 18.8 Å². The molecule has 2 heterocycles. The predicted molar refractivity (Wildman–Crippen MR) is 64.0 cm³/mol. The van der Waals surface area contributed by atoms with Gasteiger partial charge in [0.15, 0.2) is 0 Å². The lowest BCUT2D eigenvalue weighted by molar-refractivity contribution is 0.0734. The largest absolute Gasteiger partial charge is 0.467 e. The highest BCUT2D eigenvalue weighted by molar-refractivity contribution is 5.91. The molecule has 0 radical (unpaired) electrons. The van der Waals surface area contributed by atoms with Crippen LogP contribution in [0.15, 0.2) is 39.7 Å². The Morgan fingerprint density at radius 1 is 1.44 bits per heavy atom. The number of hydrogen-bond acceptors (Lipinski definition) is 4. The normalized spacial score (nSPS) is 10.3. The fourth-order valence-corrected chi connectivity index (χ4v) is 1.54. The lowest BCUT2D eigenvalue weighted by atomic mass is 10.3. The highest BCUT2D eigenvalue weighted by Gasteiger charge is 2.16. The van der Waals surface area contributed by atoms with Gasteiger partial charge in [-0.1, -0.05) is 0 Å². The molecule has 94 valence electrons. The molecule has 0 fully saturated rings. The van der Waals surface area contributed by atoms with Gasteiger partial charge in [0.05, 0.1) is 12.8 Å². The molecule has 2 aromatic heterocycles. The minimum atomic E-state index is -0.333. The van der Waals surface area contributed by atoms with Gasteiger partial charge in [-0.15, -0.1) is 0 Å². The Morgan fingerprint density at radius 3 is 2.83 bits per heavy atom. The number of carbonyl (C=O) groups excluding carboxylic acids is 1. The van der Waals surface area contributed by atoms with Crippen LogP contribution in [0.4, 0.5) is 0 Å². The molecular weight excluding hydrogens is 234 g/mol. The summed E-state index contributed by atoms with van der Waals surface area (Å²) < 4.78 is 5.20. The van der Waals surface area contributed by atoms with Crippen LogP contribution in [0.5, 0.6) is 0 Å². The number of H-pyrrole nitrogens is 1. The Balaban J connectivity index is 2.14. The molecule has 1 amide bonds. The molecule has 2 rings (SSSR count). The summed E-state index contributed by atoms with van der Waals surface area (Å²) in [6, 6.07) is 6.26. The third-order valence-corrected chi connectivity index (χ3v) is 2.49. The Hall–Kier alpha value is -2.37. The van der Waals surface area contributed by atoms with Crippen molar-refractivity contribution in [1.82, 2.24) is 15.1 Å². The zero-order valence-electron chi connectivity index (χ0n) is 9.92. The second-order valence-corrected chi connectivity index (χ2v) is 3.71. The van der Waals surface area contributed by atoms with E-state index in [1.807, 2.05) is 6.92 Å². The van der Waals surface area contributed by atoms with E-state index in [9.17, 15) is 9.59 Å². The second kappa shape index (κ2) is 5.31. The minimum Gasteiger partial charge on any atom is -0.467 e. The van der Waals surface area contributed by atoms with Crippen LogP contribution in [0.1, 0.15) is 23.2 Å². The summed E-state index contributed by atoms with van der Waals surface area (Å²) in [5.74, 6) is 0.458. The summed E-state index contributed by atoms with van der Waals surface area (Å²) in [7, 11) is 0. The second-order valence-electron chi connectivity index (χ2n) is 3.71. The maximum absolute atomic E-state index is 12.1. The van der Waals surface area contributed by atoms with Crippen molar-refractivity contribution in [1.29, 1.82) is 0 Å². The lowest BCUT2D eigenvalue weighted by Gasteiger charge is -2.18. The molecule has 0 unspecified atom stereocenters. The number of carbonyl (C=O) groups is 1. The summed E-state index contributed by atoms with van der Waals surface area (Å²) in [5.41, 5.74) is -0.122. The number of nitrogens with one attached hydrogen (secondary N) is 1. The molecule has 0 aliphatic rings. The maximum atomic E-state index is 12.1. The molecule has 0 saturated carbocycles. The van der Waals surface area contributed by atoms with Gasteiger partial charge in [0, 0.05) is 12.6 Å². The Bertz CT molecular complexity index is 554. The van der Waals surface area contributed by atoms with E-state index in [-0.39, 0.29) is 17.2 Å². The molecule has 0 saturated heterocycles. The van der Waals surface area contributed by atoms with Crippen LogP contribution in [0.2, 0.25) is 0 Å². The first-order valence-electron chi connectivity index (χ1n) is 5.58. The van der Waals surface area contributed by atoms with E-state index < -0.39 is 0 Å². The van der Waals surface area contributed by atoms with Gasteiger partial charge in [-0.05, 0) is 25.1 Å². The maximum Gasteiger partial charge on any atom is 0.274 e. The molecule has 0 aromatic carbocycles. The lowest BCUT2D eigenvalue weighted by Crippen LogP contribution is -2.31. The first kappa shape index (κ1) is 12.1. The van der Waals surface area contributed by atoms with Crippen molar-refractivity contribution in [2.24, 2.45) is 0 Å². The number of amides is 1. The Labute approximate surface area is 103 Å². The molecule has 0 aliphatic carbocycles. The highest BCUT2D eigenvalue weighted by Crippen LogP contribution is 2.08. The van der Waals surface area contributed by atoms with Crippen molar-refractivity contribution in [2.75, 3.05) is 6.54 Å². The van der Waals surface area contributed by atoms with Gasteiger partial charge in [-0.3, -0.25) is 9.59 Å². The summed E-state index contributed by atoms with van der Waals surface area (Å²) in [4.78, 5) is 24.6. The van der Waals surface area contributed by atoms with Crippen LogP contribution in [0, 0.1) is 0 Å². The van der Waals surface area contributed by atoms with E-state index in [1.54, 1.807) is 23.3 Å². The Morgan fingerprint density at radius 2 is 2.28 bits per heavy atom. The summed E-state index contributed by atoms with van der Waals surface area (Å²) in [6.07, 6.45) is 1.56. The third-order valence-electron chi connectivity index (χ3n) is 2.49. The van der Waals surface area contributed by atoms with Crippen LogP contribution < -0.4 is 5.56 Å². The van der Waals surface area contributed by atoms with E-state index in [1.165, 1.54) is 12.1 Å². The molecule has 18 heavy (non-hydrogen) atoms. The van der Waals surface area contributed by atoms with Crippen molar-refractivity contribution in [3.05, 3.63) is 52.3 Å². The van der Waals surface area contributed by atoms with Crippen molar-refractivity contribution in [3.8, 4) is 0 Å². The highest BCUT2D eigenvalue weighted by atomic mass is 16.3. The molecule has 2 aromatic rings. The average Bonchev–Trinajstić information content (AvgIpc) is 2.89. The van der Waals surface area contributed by atoms with E-state index >= 15 is 0 Å². The van der Waals surface area contributed by atoms with Crippen molar-refractivity contribution >= 4 is 5.91 Å². The number of nitrogens with zero attached hydrogens (tertiary/aromatic N) is 2. The minimum absolute atomic E-state index is 0.211. The molecule has 1 N–H and O–H groups in total. The number of hydrogen-bond donors (Lipinski definition) is 1. The van der Waals surface area contributed by atoms with Gasteiger partial charge in [0.2, 0.25) is 0 Å². The summed E-state index contributed by atoms with van der Waals surface area (Å²) in [5, 5.41) is 5.96. The summed E-state index contributed by atoms with van der Waals surface area (Å²) in [6.45, 7) is 2.77. The van der Waals surface area contributed by atoms with Crippen LogP contribution in [-0.4, -0.2) is 27.5 Å². The number of rotatable bonds is 4. The molecule has 6 nitrogen and oxygen atoms in total. The van der Waals surface area contributed by atoms with Crippen molar-refractivity contribution < 1.29 is 9.21 Å². The molecule has 0 aliphatic heterocycles. The number of furan rings is 1. The van der Waals surface area contributed by atoms with Crippen LogP contribution in [-0.2, 0) is 6.54 Å². The van der Waals surface area contributed by atoms with Gasteiger partial charge >= 0.3 is 0 Å². The first-order valence-corrected chi connectivity index (χ1v) is 5.58. The van der Waals surface area contributed by atoms with Gasteiger partial charge in [-0.2, -0.15) is 5.10 Å². The number of aromatic nitrogens is 2. The fourth-order valence-electron chi connectivity index (χ4n) is 1.54. The van der Waals surface area contributed by atoms with E-state index in [4.69, 9.17) is 4.42 Å². The molecule has 6 heteroatoms. The first-order chi connectivity index (χ1) is 8.70. The molecule has 0 bridgehead atoms. The smallest absolute Gasteiger partial charge is 0.274 e. The standard InChI is InChI=1S/C12H13N3O3/c1-2-15(8-9-4-3-7-18-9)12(17)10-5-6-11(16)14-13-10/h3-7H,2,8H2,1H3,(H,14,16). The van der Waals surface area contributed by atoms with Gasteiger partial charge in [-0.25, -0.2) is 5.10 Å². The van der Waals surface area contributed by atoms with Gasteiger partial charge in [0.1, 0.15) is 11.5 Å². The average molecular weight is 247 g/mol. The summed E-state index contributed by atoms with van der Waals surface area (Å²) >= 11 is 0. The monoisotopic (exact) mass is 247 g/mol. The predicted octanol–water partition coefficient (Wildman–Crippen LogP) is 1.03. The SMILES string of the molecule is CCN(Cc1ccco1)C(=O)c1ccc(=O)[nH]n1. The van der Waals surface area contributed by atoms with E-state index in [0.717, 1.165) is 0 Å². The van der Waals surface area contributed by atoms with Crippen molar-refractivity contribution in [3.63, 3.8) is 0 Å². The number of aromatic amines is 1. The topological polar surface area (TPSA) is 79.2 Å². The Kier molecular flexibility index (Phi) is 3.57. The molecule has 0 spiro atoms. The van der Waals surface area contributed by atoms with Crippen LogP contribution in [0.3, 0.4) is 0 Å². The van der Waals surface area contributed by atoms with Gasteiger partial charge in [0.25, 0.3) is 11.5 Å². The molecular formula is C12H13N3O3.